The second-order valence-corrected chi connectivity index (χ2v) is 7.15. The summed E-state index contributed by atoms with van der Waals surface area (Å²) in [7, 11) is 2.19. The number of aromatic nitrogens is 1. The fraction of sp³-hybridized carbons (Fsp3) is 0.400. The maximum absolute atomic E-state index is 5.89. The van der Waals surface area contributed by atoms with Crippen molar-refractivity contribution in [2.45, 2.75) is 12.6 Å². The van der Waals surface area contributed by atoms with Crippen LogP contribution in [0.5, 0.6) is 0 Å². The Bertz CT molecular complexity index is 568. The summed E-state index contributed by atoms with van der Waals surface area (Å²) in [6.45, 7) is 1.64. The fourth-order valence-corrected chi connectivity index (χ4v) is 5.00. The first kappa shape index (κ1) is 14.1. The van der Waals surface area contributed by atoms with E-state index in [4.69, 9.17) is 10.7 Å². The molecule has 2 N–H and O–H groups in total. The van der Waals surface area contributed by atoms with Crippen LogP contribution in [0.2, 0.25) is 0 Å². The van der Waals surface area contributed by atoms with Crippen molar-refractivity contribution in [3.05, 3.63) is 41.0 Å². The van der Waals surface area contributed by atoms with E-state index in [0.717, 1.165) is 18.0 Å². The minimum absolute atomic E-state index is 0.432. The van der Waals surface area contributed by atoms with Crippen molar-refractivity contribution in [3.63, 3.8) is 0 Å². The molecule has 0 amide bonds. The summed E-state index contributed by atoms with van der Waals surface area (Å²) in [6.07, 6.45) is 0. The molecule has 20 heavy (non-hydrogen) atoms. The zero-order valence-electron chi connectivity index (χ0n) is 11.6. The summed E-state index contributed by atoms with van der Waals surface area (Å²) in [4.78, 5) is 8.45. The minimum Gasteiger partial charge on any atom is -0.325 e. The third kappa shape index (κ3) is 2.76. The van der Waals surface area contributed by atoms with E-state index in [1.165, 1.54) is 21.2 Å². The number of rotatable bonds is 3. The van der Waals surface area contributed by atoms with Crippen molar-refractivity contribution < 1.29 is 0 Å². The highest BCUT2D eigenvalue weighted by atomic mass is 32.2. The lowest BCUT2D eigenvalue weighted by Gasteiger charge is -2.30. The van der Waals surface area contributed by atoms with Gasteiger partial charge in [0.2, 0.25) is 0 Å². The molecule has 2 heterocycles. The molecule has 0 aliphatic carbocycles. The number of hydrogen-bond acceptors (Lipinski definition) is 5. The lowest BCUT2D eigenvalue weighted by Crippen LogP contribution is -2.32. The largest absolute Gasteiger partial charge is 0.325 e. The molecule has 2 aromatic rings. The number of thiazole rings is 1. The molecule has 1 fully saturated rings. The van der Waals surface area contributed by atoms with E-state index in [-0.39, 0.29) is 0 Å². The van der Waals surface area contributed by atoms with Gasteiger partial charge >= 0.3 is 0 Å². The van der Waals surface area contributed by atoms with E-state index >= 15 is 0 Å². The van der Waals surface area contributed by atoms with Crippen LogP contribution in [-0.4, -0.2) is 35.0 Å². The van der Waals surface area contributed by atoms with E-state index in [9.17, 15) is 0 Å². The molecular formula is C15H19N3S2. The minimum atomic E-state index is 0.432. The Kier molecular flexibility index (Phi) is 4.41. The predicted molar refractivity (Wildman–Crippen MR) is 88.1 cm³/mol. The molecule has 1 aromatic carbocycles. The summed E-state index contributed by atoms with van der Waals surface area (Å²) < 4.78 is 0. The van der Waals surface area contributed by atoms with Gasteiger partial charge in [-0.3, -0.25) is 4.90 Å². The van der Waals surface area contributed by atoms with Gasteiger partial charge in [0.1, 0.15) is 5.01 Å². The normalized spacial score (nSPS) is 20.2. The molecular weight excluding hydrogens is 286 g/mol. The SMILES string of the molecule is CN1CCSCC1c1nc(CN)c(-c2ccccc2)s1. The number of hydrogen-bond donors (Lipinski definition) is 1. The average molecular weight is 305 g/mol. The molecule has 1 saturated heterocycles. The van der Waals surface area contributed by atoms with E-state index < -0.39 is 0 Å². The predicted octanol–water partition coefficient (Wildman–Crippen LogP) is 2.99. The summed E-state index contributed by atoms with van der Waals surface area (Å²) in [5, 5.41) is 1.21. The summed E-state index contributed by atoms with van der Waals surface area (Å²) >= 11 is 3.82. The van der Waals surface area contributed by atoms with Crippen molar-refractivity contribution >= 4 is 23.1 Å². The second-order valence-electron chi connectivity index (χ2n) is 4.97. The first-order chi connectivity index (χ1) is 9.79. The molecule has 3 rings (SSSR count). The van der Waals surface area contributed by atoms with Crippen LogP contribution >= 0.6 is 23.1 Å². The maximum Gasteiger partial charge on any atom is 0.112 e. The quantitative estimate of drug-likeness (QED) is 0.946. The third-order valence-electron chi connectivity index (χ3n) is 3.62. The van der Waals surface area contributed by atoms with Crippen LogP contribution < -0.4 is 5.73 Å². The second kappa shape index (κ2) is 6.26. The first-order valence-corrected chi connectivity index (χ1v) is 8.80. The zero-order valence-corrected chi connectivity index (χ0v) is 13.2. The van der Waals surface area contributed by atoms with E-state index in [2.05, 4.69) is 36.2 Å². The molecule has 1 atom stereocenters. The smallest absolute Gasteiger partial charge is 0.112 e. The van der Waals surface area contributed by atoms with Gasteiger partial charge in [0.05, 0.1) is 16.6 Å². The van der Waals surface area contributed by atoms with Crippen molar-refractivity contribution in [2.24, 2.45) is 5.73 Å². The molecule has 1 aliphatic heterocycles. The monoisotopic (exact) mass is 305 g/mol. The molecule has 106 valence electrons. The van der Waals surface area contributed by atoms with Gasteiger partial charge in [-0.25, -0.2) is 4.98 Å². The van der Waals surface area contributed by atoms with Gasteiger partial charge < -0.3 is 5.73 Å². The van der Waals surface area contributed by atoms with Gasteiger partial charge in [-0.15, -0.1) is 11.3 Å². The van der Waals surface area contributed by atoms with Crippen LogP contribution in [0, 0.1) is 0 Å². The fourth-order valence-electron chi connectivity index (χ4n) is 2.41. The van der Waals surface area contributed by atoms with Crippen LogP contribution in [0.25, 0.3) is 10.4 Å². The van der Waals surface area contributed by atoms with Crippen molar-refractivity contribution in [1.82, 2.24) is 9.88 Å². The average Bonchev–Trinajstić information content (AvgIpc) is 2.92. The van der Waals surface area contributed by atoms with Gasteiger partial charge in [0.15, 0.2) is 0 Å². The molecule has 0 spiro atoms. The number of nitrogens with two attached hydrogens (primary N) is 1. The summed E-state index contributed by atoms with van der Waals surface area (Å²) in [6, 6.07) is 10.9. The number of thioether (sulfide) groups is 1. The highest BCUT2D eigenvalue weighted by Gasteiger charge is 2.25. The van der Waals surface area contributed by atoms with Crippen LogP contribution in [0.1, 0.15) is 16.7 Å². The molecule has 1 aromatic heterocycles. The van der Waals surface area contributed by atoms with Crippen molar-refractivity contribution in [1.29, 1.82) is 0 Å². The van der Waals surface area contributed by atoms with E-state index in [1.54, 1.807) is 11.3 Å². The Hall–Kier alpha value is -0.880. The molecule has 0 bridgehead atoms. The molecule has 3 nitrogen and oxygen atoms in total. The Morgan fingerprint density at radius 3 is 2.85 bits per heavy atom. The van der Waals surface area contributed by atoms with Gasteiger partial charge in [-0.1, -0.05) is 30.3 Å². The zero-order chi connectivity index (χ0) is 13.9. The maximum atomic E-state index is 5.89. The van der Waals surface area contributed by atoms with Crippen LogP contribution in [-0.2, 0) is 6.54 Å². The number of nitrogens with zero attached hydrogens (tertiary/aromatic N) is 2. The van der Waals surface area contributed by atoms with Crippen LogP contribution in [0.3, 0.4) is 0 Å². The molecule has 0 radical (unpaired) electrons. The van der Waals surface area contributed by atoms with Gasteiger partial charge in [0, 0.05) is 24.6 Å². The summed E-state index contributed by atoms with van der Waals surface area (Å²) in [5.74, 6) is 2.34. The Labute approximate surface area is 128 Å². The lowest BCUT2D eigenvalue weighted by atomic mass is 10.1. The Morgan fingerprint density at radius 1 is 1.35 bits per heavy atom. The highest BCUT2D eigenvalue weighted by molar-refractivity contribution is 7.99. The van der Waals surface area contributed by atoms with Gasteiger partial charge in [0.25, 0.3) is 0 Å². The topological polar surface area (TPSA) is 42.2 Å². The molecule has 1 unspecified atom stereocenters. The molecule has 5 heteroatoms. The highest BCUT2D eigenvalue weighted by Crippen LogP contribution is 2.36. The standard InChI is InChI=1S/C15H19N3S2/c1-18-7-8-19-10-13(18)15-17-12(9-16)14(20-15)11-5-3-2-4-6-11/h2-6,13H,7-10,16H2,1H3. The molecule has 0 saturated carbocycles. The van der Waals surface area contributed by atoms with Crippen LogP contribution in [0.15, 0.2) is 30.3 Å². The lowest BCUT2D eigenvalue weighted by molar-refractivity contribution is 0.274. The van der Waals surface area contributed by atoms with Gasteiger partial charge in [-0.2, -0.15) is 11.8 Å². The van der Waals surface area contributed by atoms with Gasteiger partial charge in [-0.05, 0) is 12.6 Å². The Balaban J connectivity index is 1.96. The van der Waals surface area contributed by atoms with Crippen molar-refractivity contribution in [2.75, 3.05) is 25.1 Å². The first-order valence-electron chi connectivity index (χ1n) is 6.82. The summed E-state index contributed by atoms with van der Waals surface area (Å²) in [5.41, 5.74) is 8.14. The van der Waals surface area contributed by atoms with E-state index in [1.807, 2.05) is 17.8 Å². The molecule has 1 aliphatic rings. The van der Waals surface area contributed by atoms with E-state index in [0.29, 0.717) is 12.6 Å². The number of benzene rings is 1. The third-order valence-corrected chi connectivity index (χ3v) is 5.90. The van der Waals surface area contributed by atoms with Crippen LogP contribution in [0.4, 0.5) is 0 Å². The Morgan fingerprint density at radius 2 is 2.15 bits per heavy atom. The van der Waals surface area contributed by atoms with Crippen molar-refractivity contribution in [3.8, 4) is 10.4 Å².